The number of hydrogen-bond acceptors (Lipinski definition) is 5. The summed E-state index contributed by atoms with van der Waals surface area (Å²) in [6.07, 6.45) is 1.73. The summed E-state index contributed by atoms with van der Waals surface area (Å²) < 4.78 is 9.41. The van der Waals surface area contributed by atoms with E-state index in [-0.39, 0.29) is 22.5 Å². The Morgan fingerprint density at radius 3 is 1.83 bits per heavy atom. The minimum Gasteiger partial charge on any atom is -0.506 e. The molecular formula is C18H26O5. The fourth-order valence-electron chi connectivity index (χ4n) is 2.66. The lowest BCUT2D eigenvalue weighted by atomic mass is 9.79. The molecule has 0 amide bonds. The molecule has 0 aliphatic carbocycles. The molecular weight excluding hydrogens is 296 g/mol. The number of benzene rings is 1. The average molecular weight is 322 g/mol. The first-order chi connectivity index (χ1) is 10.6. The van der Waals surface area contributed by atoms with Crippen LogP contribution in [0.1, 0.15) is 72.7 Å². The SMILES string of the molecule is CCC(CC(C)(C)C)c1cc(C(=O)OC)c(O)c(C(=O)OC)c1. The number of hydrogen-bond donors (Lipinski definition) is 1. The molecule has 23 heavy (non-hydrogen) atoms. The van der Waals surface area contributed by atoms with Gasteiger partial charge in [-0.15, -0.1) is 0 Å². The van der Waals surface area contributed by atoms with Gasteiger partial charge in [0, 0.05) is 0 Å². The lowest BCUT2D eigenvalue weighted by Gasteiger charge is -2.26. The predicted octanol–water partition coefficient (Wildman–Crippen LogP) is 3.90. The van der Waals surface area contributed by atoms with Gasteiger partial charge in [0.25, 0.3) is 0 Å². The van der Waals surface area contributed by atoms with E-state index in [1.807, 2.05) is 0 Å². The zero-order valence-corrected chi connectivity index (χ0v) is 14.7. The van der Waals surface area contributed by atoms with Crippen molar-refractivity contribution in [1.29, 1.82) is 0 Å². The number of esters is 2. The largest absolute Gasteiger partial charge is 0.506 e. The molecule has 0 radical (unpaired) electrons. The Morgan fingerprint density at radius 2 is 1.52 bits per heavy atom. The molecule has 0 bridgehead atoms. The molecule has 5 heteroatoms. The van der Waals surface area contributed by atoms with E-state index in [0.717, 1.165) is 18.4 Å². The minimum absolute atomic E-state index is 0.0160. The van der Waals surface area contributed by atoms with Crippen molar-refractivity contribution < 1.29 is 24.2 Å². The van der Waals surface area contributed by atoms with E-state index >= 15 is 0 Å². The standard InChI is InChI=1S/C18H26O5/c1-7-11(10-18(2,3)4)12-8-13(16(20)22-5)15(19)14(9-12)17(21)23-6/h8-9,11,19H,7,10H2,1-6H3. The summed E-state index contributed by atoms with van der Waals surface area (Å²) in [6, 6.07) is 3.21. The van der Waals surface area contributed by atoms with E-state index in [9.17, 15) is 14.7 Å². The molecule has 1 unspecified atom stereocenters. The van der Waals surface area contributed by atoms with E-state index in [2.05, 4.69) is 27.7 Å². The van der Waals surface area contributed by atoms with Crippen molar-refractivity contribution in [3.05, 3.63) is 28.8 Å². The van der Waals surface area contributed by atoms with Gasteiger partial charge in [0.15, 0.2) is 0 Å². The highest BCUT2D eigenvalue weighted by atomic mass is 16.5. The van der Waals surface area contributed by atoms with Crippen LogP contribution in [0.3, 0.4) is 0 Å². The summed E-state index contributed by atoms with van der Waals surface area (Å²) in [4.78, 5) is 23.8. The monoisotopic (exact) mass is 322 g/mol. The fourth-order valence-corrected chi connectivity index (χ4v) is 2.66. The van der Waals surface area contributed by atoms with Crippen molar-refractivity contribution in [2.75, 3.05) is 14.2 Å². The summed E-state index contributed by atoms with van der Waals surface area (Å²) >= 11 is 0. The van der Waals surface area contributed by atoms with Crippen molar-refractivity contribution >= 4 is 11.9 Å². The fraction of sp³-hybridized carbons (Fsp3) is 0.556. The van der Waals surface area contributed by atoms with Gasteiger partial charge in [-0.3, -0.25) is 0 Å². The van der Waals surface area contributed by atoms with Crippen LogP contribution in [0.2, 0.25) is 0 Å². The van der Waals surface area contributed by atoms with Crippen LogP contribution in [0.25, 0.3) is 0 Å². The first-order valence-corrected chi connectivity index (χ1v) is 7.68. The summed E-state index contributed by atoms with van der Waals surface area (Å²) in [5, 5.41) is 10.2. The van der Waals surface area contributed by atoms with Gasteiger partial charge in [0.2, 0.25) is 0 Å². The zero-order valence-electron chi connectivity index (χ0n) is 14.7. The van der Waals surface area contributed by atoms with Crippen LogP contribution in [-0.4, -0.2) is 31.3 Å². The summed E-state index contributed by atoms with van der Waals surface area (Å²) in [7, 11) is 2.47. The number of carbonyl (C=O) groups is 2. The van der Waals surface area contributed by atoms with Crippen LogP contribution < -0.4 is 0 Å². The van der Waals surface area contributed by atoms with Crippen LogP contribution in [0.4, 0.5) is 0 Å². The van der Waals surface area contributed by atoms with Gasteiger partial charge < -0.3 is 14.6 Å². The molecule has 128 valence electrons. The third-order valence-electron chi connectivity index (χ3n) is 3.77. The Bertz CT molecular complexity index is 547. The maximum Gasteiger partial charge on any atom is 0.341 e. The molecule has 5 nitrogen and oxygen atoms in total. The van der Waals surface area contributed by atoms with Crippen LogP contribution >= 0.6 is 0 Å². The Morgan fingerprint density at radius 1 is 1.09 bits per heavy atom. The van der Waals surface area contributed by atoms with E-state index in [1.165, 1.54) is 14.2 Å². The Balaban J connectivity index is 3.47. The number of ether oxygens (including phenoxy) is 2. The van der Waals surface area contributed by atoms with E-state index in [0.29, 0.717) is 0 Å². The maximum atomic E-state index is 11.9. The Kier molecular flexibility index (Phi) is 6.19. The van der Waals surface area contributed by atoms with Crippen LogP contribution in [0.5, 0.6) is 5.75 Å². The smallest absolute Gasteiger partial charge is 0.341 e. The second-order valence-corrected chi connectivity index (χ2v) is 6.82. The van der Waals surface area contributed by atoms with Gasteiger partial charge in [-0.25, -0.2) is 9.59 Å². The topological polar surface area (TPSA) is 72.8 Å². The minimum atomic E-state index is -0.680. The molecule has 0 spiro atoms. The third-order valence-corrected chi connectivity index (χ3v) is 3.77. The summed E-state index contributed by atoms with van der Waals surface area (Å²) in [5.41, 5.74) is 0.881. The number of aromatic hydroxyl groups is 1. The zero-order chi connectivity index (χ0) is 17.8. The van der Waals surface area contributed by atoms with E-state index in [4.69, 9.17) is 9.47 Å². The van der Waals surface area contributed by atoms with Gasteiger partial charge in [-0.2, -0.15) is 0 Å². The van der Waals surface area contributed by atoms with E-state index in [1.54, 1.807) is 12.1 Å². The molecule has 0 heterocycles. The van der Waals surface area contributed by atoms with Crippen molar-refractivity contribution in [2.24, 2.45) is 5.41 Å². The molecule has 1 atom stereocenters. The Labute approximate surface area is 137 Å². The van der Waals surface area contributed by atoms with E-state index < -0.39 is 17.7 Å². The molecule has 0 aliphatic heterocycles. The quantitative estimate of drug-likeness (QED) is 0.832. The van der Waals surface area contributed by atoms with Crippen LogP contribution in [0, 0.1) is 5.41 Å². The van der Waals surface area contributed by atoms with Gasteiger partial charge in [0.1, 0.15) is 16.9 Å². The molecule has 0 saturated carbocycles. The van der Waals surface area contributed by atoms with Crippen molar-refractivity contribution in [3.8, 4) is 5.75 Å². The van der Waals surface area contributed by atoms with Gasteiger partial charge >= 0.3 is 11.9 Å². The number of phenolic OH excluding ortho intramolecular Hbond substituents is 1. The molecule has 1 aromatic rings. The highest BCUT2D eigenvalue weighted by molar-refractivity contribution is 6.00. The maximum absolute atomic E-state index is 11.9. The second-order valence-electron chi connectivity index (χ2n) is 6.82. The summed E-state index contributed by atoms with van der Waals surface area (Å²) in [5.74, 6) is -1.61. The first kappa shape index (κ1) is 19.0. The molecule has 0 aliphatic rings. The number of phenols is 1. The highest BCUT2D eigenvalue weighted by Gasteiger charge is 2.26. The predicted molar refractivity (Wildman–Crippen MR) is 87.9 cm³/mol. The normalized spacial score (nSPS) is 12.6. The molecule has 0 fully saturated rings. The lowest BCUT2D eigenvalue weighted by Crippen LogP contribution is -2.14. The lowest BCUT2D eigenvalue weighted by molar-refractivity contribution is 0.0592. The second kappa shape index (κ2) is 7.49. The summed E-state index contributed by atoms with van der Waals surface area (Å²) in [6.45, 7) is 8.47. The number of carbonyl (C=O) groups excluding carboxylic acids is 2. The van der Waals surface area contributed by atoms with Gasteiger partial charge in [-0.05, 0) is 41.9 Å². The first-order valence-electron chi connectivity index (χ1n) is 7.68. The Hall–Kier alpha value is -2.04. The van der Waals surface area contributed by atoms with Crippen molar-refractivity contribution in [1.82, 2.24) is 0 Å². The average Bonchev–Trinajstić information content (AvgIpc) is 2.50. The molecule has 1 aromatic carbocycles. The number of methoxy groups -OCH3 is 2. The van der Waals surface area contributed by atoms with Crippen LogP contribution in [0.15, 0.2) is 12.1 Å². The van der Waals surface area contributed by atoms with Crippen LogP contribution in [-0.2, 0) is 9.47 Å². The third kappa shape index (κ3) is 4.71. The molecule has 1 rings (SSSR count). The van der Waals surface area contributed by atoms with Crippen molar-refractivity contribution in [3.63, 3.8) is 0 Å². The molecule has 1 N–H and O–H groups in total. The molecule has 0 saturated heterocycles. The highest BCUT2D eigenvalue weighted by Crippen LogP contribution is 2.36. The van der Waals surface area contributed by atoms with Gasteiger partial charge in [-0.1, -0.05) is 27.7 Å². The number of rotatable bonds is 5. The van der Waals surface area contributed by atoms with Gasteiger partial charge in [0.05, 0.1) is 14.2 Å². The molecule has 0 aromatic heterocycles. The van der Waals surface area contributed by atoms with Crippen molar-refractivity contribution in [2.45, 2.75) is 46.5 Å².